The number of nitrogens with one attached hydrogen (secondary N) is 2. The second-order valence-electron chi connectivity index (χ2n) is 7.32. The summed E-state index contributed by atoms with van der Waals surface area (Å²) in [6, 6.07) is 11.6. The molecular formula is C22H29N5O2. The van der Waals surface area contributed by atoms with Gasteiger partial charge in [0.05, 0.1) is 24.7 Å². The molecule has 0 radical (unpaired) electrons. The summed E-state index contributed by atoms with van der Waals surface area (Å²) in [6.07, 6.45) is 4.24. The van der Waals surface area contributed by atoms with Gasteiger partial charge in [0.25, 0.3) is 0 Å². The van der Waals surface area contributed by atoms with Crippen molar-refractivity contribution >= 4 is 17.9 Å². The van der Waals surface area contributed by atoms with Crippen molar-refractivity contribution in [3.8, 4) is 0 Å². The van der Waals surface area contributed by atoms with Gasteiger partial charge in [-0.15, -0.1) is 0 Å². The molecule has 29 heavy (non-hydrogen) atoms. The van der Waals surface area contributed by atoms with E-state index in [2.05, 4.69) is 20.6 Å². The van der Waals surface area contributed by atoms with Crippen LogP contribution in [0.25, 0.3) is 6.08 Å². The highest BCUT2D eigenvalue weighted by atomic mass is 16.2. The van der Waals surface area contributed by atoms with Crippen LogP contribution in [0.3, 0.4) is 0 Å². The lowest BCUT2D eigenvalue weighted by molar-refractivity contribution is -0.133. The number of aromatic nitrogens is 2. The van der Waals surface area contributed by atoms with Gasteiger partial charge in [0.15, 0.2) is 0 Å². The fraction of sp³-hybridized carbons (Fsp3) is 0.409. The van der Waals surface area contributed by atoms with E-state index in [4.69, 9.17) is 0 Å². The first-order valence-electron chi connectivity index (χ1n) is 10.0. The van der Waals surface area contributed by atoms with Gasteiger partial charge in [0.2, 0.25) is 11.8 Å². The van der Waals surface area contributed by atoms with E-state index in [1.165, 1.54) is 0 Å². The van der Waals surface area contributed by atoms with Crippen LogP contribution in [-0.2, 0) is 16.1 Å². The first kappa shape index (κ1) is 20.8. The highest BCUT2D eigenvalue weighted by Crippen LogP contribution is 2.10. The summed E-state index contributed by atoms with van der Waals surface area (Å²) in [5, 5.41) is 10.2. The van der Waals surface area contributed by atoms with E-state index >= 15 is 0 Å². The largest absolute Gasteiger partial charge is 0.354 e. The van der Waals surface area contributed by atoms with E-state index in [0.717, 1.165) is 23.5 Å². The Morgan fingerprint density at radius 1 is 1.31 bits per heavy atom. The second-order valence-corrected chi connectivity index (χ2v) is 7.32. The zero-order valence-electron chi connectivity index (χ0n) is 17.1. The molecule has 1 fully saturated rings. The van der Waals surface area contributed by atoms with Crippen molar-refractivity contribution in [1.29, 1.82) is 0 Å². The first-order valence-corrected chi connectivity index (χ1v) is 10.0. The molecule has 0 saturated carbocycles. The summed E-state index contributed by atoms with van der Waals surface area (Å²) in [5.41, 5.74) is 3.15. The number of nitrogens with zero attached hydrogens (tertiary/aromatic N) is 3. The van der Waals surface area contributed by atoms with E-state index < -0.39 is 6.04 Å². The van der Waals surface area contributed by atoms with Gasteiger partial charge in [-0.25, -0.2) is 0 Å². The average molecular weight is 396 g/mol. The van der Waals surface area contributed by atoms with Crippen molar-refractivity contribution < 1.29 is 9.59 Å². The maximum Gasteiger partial charge on any atom is 0.237 e. The molecule has 2 aromatic rings. The SMILES string of the molecule is Cc1cc(C)n(CCNC(=O)C[C@H]2C(=O)NCCN2C/C=C/c2ccccc2)n1. The summed E-state index contributed by atoms with van der Waals surface area (Å²) in [5.74, 6) is -0.205. The highest BCUT2D eigenvalue weighted by molar-refractivity contribution is 5.88. The number of rotatable bonds is 8. The second kappa shape index (κ2) is 10.0. The van der Waals surface area contributed by atoms with Crippen LogP contribution in [0.15, 0.2) is 42.5 Å². The van der Waals surface area contributed by atoms with Crippen molar-refractivity contribution in [2.45, 2.75) is 32.9 Å². The van der Waals surface area contributed by atoms with E-state index in [1.54, 1.807) is 0 Å². The zero-order valence-corrected chi connectivity index (χ0v) is 17.1. The lowest BCUT2D eigenvalue weighted by Gasteiger charge is -2.33. The summed E-state index contributed by atoms with van der Waals surface area (Å²) < 4.78 is 1.88. The maximum absolute atomic E-state index is 12.4. The van der Waals surface area contributed by atoms with E-state index in [0.29, 0.717) is 26.2 Å². The smallest absolute Gasteiger partial charge is 0.237 e. The Bertz CT molecular complexity index is 859. The molecule has 2 N–H and O–H groups in total. The van der Waals surface area contributed by atoms with Crippen molar-refractivity contribution in [2.75, 3.05) is 26.2 Å². The number of piperazine rings is 1. The molecule has 0 spiro atoms. The minimum absolute atomic E-state index is 0.0851. The molecule has 1 aliphatic rings. The molecule has 1 aromatic carbocycles. The third-order valence-corrected chi connectivity index (χ3v) is 5.02. The Kier molecular flexibility index (Phi) is 7.19. The lowest BCUT2D eigenvalue weighted by atomic mass is 10.1. The lowest BCUT2D eigenvalue weighted by Crippen LogP contribution is -2.56. The molecule has 1 saturated heterocycles. The number of carbonyl (C=O) groups excluding carboxylic acids is 2. The van der Waals surface area contributed by atoms with Gasteiger partial charge in [-0.2, -0.15) is 5.10 Å². The van der Waals surface area contributed by atoms with Crippen LogP contribution < -0.4 is 10.6 Å². The number of carbonyl (C=O) groups is 2. The van der Waals surface area contributed by atoms with Gasteiger partial charge in [-0.3, -0.25) is 19.2 Å². The summed E-state index contributed by atoms with van der Waals surface area (Å²) in [4.78, 5) is 26.8. The van der Waals surface area contributed by atoms with Crippen molar-refractivity contribution in [3.05, 3.63) is 59.4 Å². The Hall–Kier alpha value is -2.93. The van der Waals surface area contributed by atoms with Gasteiger partial charge in [0, 0.05) is 31.9 Å². The Labute approximate surface area is 171 Å². The fourth-order valence-corrected chi connectivity index (χ4v) is 3.54. The van der Waals surface area contributed by atoms with Crippen LogP contribution in [0.1, 0.15) is 23.4 Å². The zero-order chi connectivity index (χ0) is 20.6. The fourth-order valence-electron chi connectivity index (χ4n) is 3.54. The third-order valence-electron chi connectivity index (χ3n) is 5.02. The third kappa shape index (κ3) is 6.02. The number of hydrogen-bond acceptors (Lipinski definition) is 4. The van der Waals surface area contributed by atoms with Crippen LogP contribution in [0.5, 0.6) is 0 Å². The van der Waals surface area contributed by atoms with Crippen LogP contribution in [0, 0.1) is 13.8 Å². The molecule has 0 unspecified atom stereocenters. The van der Waals surface area contributed by atoms with Gasteiger partial charge in [-0.05, 0) is 25.5 Å². The number of amides is 2. The normalized spacial score (nSPS) is 17.4. The topological polar surface area (TPSA) is 79.3 Å². The van der Waals surface area contributed by atoms with Gasteiger partial charge >= 0.3 is 0 Å². The quantitative estimate of drug-likeness (QED) is 0.710. The summed E-state index contributed by atoms with van der Waals surface area (Å²) in [7, 11) is 0. The average Bonchev–Trinajstić information content (AvgIpc) is 3.02. The molecule has 7 nitrogen and oxygen atoms in total. The van der Waals surface area contributed by atoms with Crippen LogP contribution in [-0.4, -0.2) is 58.7 Å². The predicted molar refractivity (Wildman–Crippen MR) is 113 cm³/mol. The molecule has 1 aliphatic heterocycles. The van der Waals surface area contributed by atoms with Crippen molar-refractivity contribution in [2.24, 2.45) is 0 Å². The summed E-state index contributed by atoms with van der Waals surface area (Å²) >= 11 is 0. The molecule has 0 bridgehead atoms. The molecule has 154 valence electrons. The Balaban J connectivity index is 1.50. The maximum atomic E-state index is 12.4. The minimum atomic E-state index is -0.446. The highest BCUT2D eigenvalue weighted by Gasteiger charge is 2.30. The Morgan fingerprint density at radius 2 is 2.10 bits per heavy atom. The van der Waals surface area contributed by atoms with E-state index in [9.17, 15) is 9.59 Å². The molecule has 7 heteroatoms. The molecule has 3 rings (SSSR count). The molecular weight excluding hydrogens is 366 g/mol. The molecule has 2 amide bonds. The van der Waals surface area contributed by atoms with Gasteiger partial charge in [-0.1, -0.05) is 42.5 Å². The minimum Gasteiger partial charge on any atom is -0.354 e. The van der Waals surface area contributed by atoms with E-state index in [1.807, 2.05) is 67.1 Å². The predicted octanol–water partition coefficient (Wildman–Crippen LogP) is 1.52. The Morgan fingerprint density at radius 3 is 2.83 bits per heavy atom. The molecule has 2 heterocycles. The van der Waals surface area contributed by atoms with Gasteiger partial charge < -0.3 is 10.6 Å². The number of aryl methyl sites for hydroxylation is 2. The number of benzene rings is 1. The monoisotopic (exact) mass is 395 g/mol. The van der Waals surface area contributed by atoms with Crippen LogP contribution in [0.4, 0.5) is 0 Å². The van der Waals surface area contributed by atoms with Crippen LogP contribution in [0.2, 0.25) is 0 Å². The molecule has 0 aliphatic carbocycles. The first-order chi connectivity index (χ1) is 14.0. The molecule has 1 aromatic heterocycles. The molecule has 1 atom stereocenters. The van der Waals surface area contributed by atoms with Crippen molar-refractivity contribution in [1.82, 2.24) is 25.3 Å². The van der Waals surface area contributed by atoms with E-state index in [-0.39, 0.29) is 18.2 Å². The summed E-state index contributed by atoms with van der Waals surface area (Å²) in [6.45, 7) is 7.02. The van der Waals surface area contributed by atoms with Crippen molar-refractivity contribution in [3.63, 3.8) is 0 Å². The van der Waals surface area contributed by atoms with Crippen LogP contribution >= 0.6 is 0 Å². The number of hydrogen-bond donors (Lipinski definition) is 2. The standard InChI is InChI=1S/C22H29N5O2/c1-17-15-18(2)27(25-17)14-11-23-21(28)16-20-22(29)24-10-13-26(20)12-6-9-19-7-4-3-5-8-19/h3-9,15,20H,10-14,16H2,1-2H3,(H,23,28)(H,24,29)/b9-6+/t20-/m0/s1. The van der Waals surface area contributed by atoms with Gasteiger partial charge in [0.1, 0.15) is 0 Å².